The van der Waals surface area contributed by atoms with E-state index in [2.05, 4.69) is 0 Å². The van der Waals surface area contributed by atoms with Crippen LogP contribution in [0.4, 0.5) is 0 Å². The Bertz CT molecular complexity index is 114. The topological polar surface area (TPSA) is 78.3 Å². The summed E-state index contributed by atoms with van der Waals surface area (Å²) in [4.78, 5) is 10.7. The highest BCUT2D eigenvalue weighted by atomic mass is 16.5. The highest BCUT2D eigenvalue weighted by Crippen LogP contribution is 1.90. The van der Waals surface area contributed by atoms with Gasteiger partial charge in [-0.25, -0.2) is 0 Å². The van der Waals surface area contributed by atoms with Crippen LogP contribution >= 0.6 is 0 Å². The fourth-order valence-electron chi connectivity index (χ4n) is 0.354. The van der Waals surface area contributed by atoms with Crippen molar-refractivity contribution in [3.8, 4) is 0 Å². The van der Waals surface area contributed by atoms with E-state index in [1.807, 2.05) is 0 Å². The molecule has 2 unspecified atom stereocenters. The van der Waals surface area contributed by atoms with Crippen LogP contribution in [0.3, 0.4) is 0 Å². The average molecular weight is 146 g/mol. The SMILES string of the molecule is CC(CN)OC(=O)C(C)N. The van der Waals surface area contributed by atoms with Gasteiger partial charge in [0.05, 0.1) is 0 Å². The highest BCUT2D eigenvalue weighted by molar-refractivity contribution is 5.75. The molecule has 0 saturated heterocycles. The molecule has 0 spiro atoms. The van der Waals surface area contributed by atoms with Crippen LogP contribution in [-0.4, -0.2) is 24.7 Å². The summed E-state index contributed by atoms with van der Waals surface area (Å²) < 4.78 is 4.77. The fraction of sp³-hybridized carbons (Fsp3) is 0.833. The lowest BCUT2D eigenvalue weighted by atomic mass is 10.3. The third-order valence-corrected chi connectivity index (χ3v) is 1.02. The summed E-state index contributed by atoms with van der Waals surface area (Å²) in [5.41, 5.74) is 10.4. The highest BCUT2D eigenvalue weighted by Gasteiger charge is 2.11. The zero-order valence-corrected chi connectivity index (χ0v) is 6.33. The Kier molecular flexibility index (Phi) is 3.99. The summed E-state index contributed by atoms with van der Waals surface area (Å²) in [7, 11) is 0. The lowest BCUT2D eigenvalue weighted by Gasteiger charge is -2.11. The number of esters is 1. The molecule has 0 aliphatic rings. The van der Waals surface area contributed by atoms with Crippen LogP contribution < -0.4 is 11.5 Å². The van der Waals surface area contributed by atoms with Crippen LogP contribution in [0, 0.1) is 0 Å². The molecule has 4 nitrogen and oxygen atoms in total. The minimum Gasteiger partial charge on any atom is -0.460 e. The summed E-state index contributed by atoms with van der Waals surface area (Å²) >= 11 is 0. The number of hydrogen-bond acceptors (Lipinski definition) is 4. The molecule has 0 aromatic heterocycles. The van der Waals surface area contributed by atoms with Crippen molar-refractivity contribution in [2.75, 3.05) is 6.54 Å². The first-order chi connectivity index (χ1) is 4.57. The molecular formula is C6H14N2O2. The monoisotopic (exact) mass is 146 g/mol. The Balaban J connectivity index is 3.57. The van der Waals surface area contributed by atoms with E-state index >= 15 is 0 Å². The summed E-state index contributed by atoms with van der Waals surface area (Å²) in [6.45, 7) is 3.63. The van der Waals surface area contributed by atoms with Crippen LogP contribution in [0.2, 0.25) is 0 Å². The van der Waals surface area contributed by atoms with E-state index in [1.165, 1.54) is 0 Å². The Morgan fingerprint density at radius 2 is 2.10 bits per heavy atom. The molecule has 60 valence electrons. The molecule has 10 heavy (non-hydrogen) atoms. The van der Waals surface area contributed by atoms with E-state index in [-0.39, 0.29) is 6.10 Å². The lowest BCUT2D eigenvalue weighted by molar-refractivity contribution is -0.148. The van der Waals surface area contributed by atoms with Crippen molar-refractivity contribution in [1.29, 1.82) is 0 Å². The van der Waals surface area contributed by atoms with E-state index in [9.17, 15) is 4.79 Å². The predicted molar refractivity (Wildman–Crippen MR) is 38.3 cm³/mol. The minimum absolute atomic E-state index is 0.238. The Labute approximate surface area is 60.5 Å². The van der Waals surface area contributed by atoms with Gasteiger partial charge in [-0.1, -0.05) is 0 Å². The molecule has 0 bridgehead atoms. The molecule has 0 aromatic carbocycles. The second-order valence-corrected chi connectivity index (χ2v) is 2.27. The van der Waals surface area contributed by atoms with Crippen LogP contribution in [0.25, 0.3) is 0 Å². The Morgan fingerprint density at radius 3 is 2.40 bits per heavy atom. The third-order valence-electron chi connectivity index (χ3n) is 1.02. The van der Waals surface area contributed by atoms with Crippen molar-refractivity contribution in [2.24, 2.45) is 11.5 Å². The van der Waals surface area contributed by atoms with E-state index in [0.29, 0.717) is 6.54 Å². The third kappa shape index (κ3) is 3.42. The van der Waals surface area contributed by atoms with Crippen molar-refractivity contribution in [2.45, 2.75) is 26.0 Å². The van der Waals surface area contributed by atoms with Gasteiger partial charge >= 0.3 is 5.97 Å². The van der Waals surface area contributed by atoms with Crippen LogP contribution in [0.5, 0.6) is 0 Å². The maximum atomic E-state index is 10.7. The molecule has 0 aromatic rings. The molecule has 0 amide bonds. The van der Waals surface area contributed by atoms with E-state index in [0.717, 1.165) is 0 Å². The van der Waals surface area contributed by atoms with Gasteiger partial charge in [0.25, 0.3) is 0 Å². The number of ether oxygens (including phenoxy) is 1. The van der Waals surface area contributed by atoms with Crippen molar-refractivity contribution < 1.29 is 9.53 Å². The molecule has 0 saturated carbocycles. The van der Waals surface area contributed by atoms with Gasteiger partial charge in [0, 0.05) is 6.54 Å². The standard InChI is InChI=1S/C6H14N2O2/c1-4(3-7)10-6(9)5(2)8/h4-5H,3,7-8H2,1-2H3. The van der Waals surface area contributed by atoms with Gasteiger partial charge in [-0.05, 0) is 13.8 Å². The molecule has 4 N–H and O–H groups in total. The van der Waals surface area contributed by atoms with Crippen molar-refractivity contribution in [3.05, 3.63) is 0 Å². The second-order valence-electron chi connectivity index (χ2n) is 2.27. The molecule has 0 aliphatic carbocycles. The van der Waals surface area contributed by atoms with Crippen LogP contribution in [-0.2, 0) is 9.53 Å². The summed E-state index contributed by atoms with van der Waals surface area (Å²) in [5, 5.41) is 0. The van der Waals surface area contributed by atoms with Crippen molar-refractivity contribution in [1.82, 2.24) is 0 Å². The molecule has 0 fully saturated rings. The Morgan fingerprint density at radius 1 is 1.60 bits per heavy atom. The fourth-order valence-corrected chi connectivity index (χ4v) is 0.354. The summed E-state index contributed by atoms with van der Waals surface area (Å²) in [6.07, 6.45) is -0.238. The van der Waals surface area contributed by atoms with E-state index in [1.54, 1.807) is 13.8 Å². The van der Waals surface area contributed by atoms with Gasteiger partial charge in [0.1, 0.15) is 12.1 Å². The Hall–Kier alpha value is -0.610. The molecule has 4 heteroatoms. The summed E-state index contributed by atoms with van der Waals surface area (Å²) in [6, 6.07) is -0.561. The predicted octanol–water partition coefficient (Wildman–Crippen LogP) is -0.776. The van der Waals surface area contributed by atoms with Gasteiger partial charge in [0.15, 0.2) is 0 Å². The molecule has 0 radical (unpaired) electrons. The maximum Gasteiger partial charge on any atom is 0.322 e. The number of hydrogen-bond donors (Lipinski definition) is 2. The van der Waals surface area contributed by atoms with Gasteiger partial charge in [-0.3, -0.25) is 4.79 Å². The van der Waals surface area contributed by atoms with Crippen molar-refractivity contribution >= 4 is 5.97 Å². The first-order valence-electron chi connectivity index (χ1n) is 3.24. The van der Waals surface area contributed by atoms with Gasteiger partial charge in [0.2, 0.25) is 0 Å². The zero-order valence-electron chi connectivity index (χ0n) is 6.33. The molecular weight excluding hydrogens is 132 g/mol. The molecule has 0 rings (SSSR count). The van der Waals surface area contributed by atoms with Crippen LogP contribution in [0.15, 0.2) is 0 Å². The zero-order chi connectivity index (χ0) is 8.15. The lowest BCUT2D eigenvalue weighted by Crippen LogP contribution is -2.33. The first-order valence-corrected chi connectivity index (χ1v) is 3.24. The smallest absolute Gasteiger partial charge is 0.322 e. The van der Waals surface area contributed by atoms with Gasteiger partial charge < -0.3 is 16.2 Å². The molecule has 0 heterocycles. The van der Waals surface area contributed by atoms with E-state index < -0.39 is 12.0 Å². The largest absolute Gasteiger partial charge is 0.460 e. The quantitative estimate of drug-likeness (QED) is 0.512. The normalized spacial score (nSPS) is 16.0. The minimum atomic E-state index is -0.561. The van der Waals surface area contributed by atoms with Crippen LogP contribution in [0.1, 0.15) is 13.8 Å². The van der Waals surface area contributed by atoms with E-state index in [4.69, 9.17) is 16.2 Å². The van der Waals surface area contributed by atoms with Crippen molar-refractivity contribution in [3.63, 3.8) is 0 Å². The number of nitrogens with two attached hydrogens (primary N) is 2. The number of rotatable bonds is 3. The summed E-state index contributed by atoms with van der Waals surface area (Å²) in [5.74, 6) is -0.405. The molecule has 0 aliphatic heterocycles. The van der Waals surface area contributed by atoms with Gasteiger partial charge in [-0.2, -0.15) is 0 Å². The van der Waals surface area contributed by atoms with Gasteiger partial charge in [-0.15, -0.1) is 0 Å². The second kappa shape index (κ2) is 4.24. The number of carbonyl (C=O) groups excluding carboxylic acids is 1. The number of carbonyl (C=O) groups is 1. The molecule has 2 atom stereocenters. The maximum absolute atomic E-state index is 10.7. The average Bonchev–Trinajstić information content (AvgIpc) is 1.87. The first kappa shape index (κ1) is 9.39.